The average molecular weight is 572 g/mol. The predicted octanol–water partition coefficient (Wildman–Crippen LogP) is 5.57. The Morgan fingerprint density at radius 2 is 1.88 bits per heavy atom. The highest BCUT2D eigenvalue weighted by Gasteiger charge is 2.33. The predicted molar refractivity (Wildman–Crippen MR) is 148 cm³/mol. The van der Waals surface area contributed by atoms with E-state index in [1.165, 1.54) is 43.1 Å². The molecule has 0 radical (unpaired) electrons. The number of hydrogen-bond acceptors (Lipinski definition) is 11. The minimum absolute atomic E-state index is 0.0423. The number of aryl methyl sites for hydroxylation is 1. The second-order valence-corrected chi connectivity index (χ2v) is 10.4. The average Bonchev–Trinajstić information content (AvgIpc) is 3.59. The lowest BCUT2D eigenvalue weighted by Gasteiger charge is -2.22. The fraction of sp³-hybridized carbons (Fsp3) is 0.250. The summed E-state index contributed by atoms with van der Waals surface area (Å²) in [4.78, 5) is 34.0. The Balaban J connectivity index is 1.24. The van der Waals surface area contributed by atoms with Gasteiger partial charge in [-0.2, -0.15) is 5.26 Å². The number of anilines is 1. The van der Waals surface area contributed by atoms with Crippen LogP contribution in [-0.2, 0) is 4.74 Å². The number of rotatable bonds is 6. The van der Waals surface area contributed by atoms with Gasteiger partial charge in [0.1, 0.15) is 23.0 Å². The number of benzene rings is 2. The van der Waals surface area contributed by atoms with Gasteiger partial charge in [-0.1, -0.05) is 0 Å². The lowest BCUT2D eigenvalue weighted by atomic mass is 10.1. The van der Waals surface area contributed by atoms with E-state index in [2.05, 4.69) is 36.3 Å². The fourth-order valence-electron chi connectivity index (χ4n) is 4.64. The molecule has 1 amide bonds. The monoisotopic (exact) mass is 571 g/mol. The molecule has 0 saturated heterocycles. The second kappa shape index (κ2) is 10.9. The molecular formula is C28H22FN7O4S. The number of halogens is 1. The number of fused-ring (bicyclic) bond motifs is 2. The Labute approximate surface area is 237 Å². The van der Waals surface area contributed by atoms with E-state index in [4.69, 9.17) is 14.2 Å². The SMILES string of the molecule is COc1cnc2c(-c3nc4cc(F)c(OC5CCCC5OC(=O)Nc5cnc(C)nc5)cc4s3)cc(C#N)cc2n1. The van der Waals surface area contributed by atoms with Gasteiger partial charge < -0.3 is 14.2 Å². The molecular weight excluding hydrogens is 549 g/mol. The highest BCUT2D eigenvalue weighted by atomic mass is 32.1. The Hall–Kier alpha value is -4.96. The molecule has 206 valence electrons. The van der Waals surface area contributed by atoms with Crippen LogP contribution in [0.1, 0.15) is 30.7 Å². The highest BCUT2D eigenvalue weighted by molar-refractivity contribution is 7.21. The second-order valence-electron chi connectivity index (χ2n) is 9.36. The molecule has 1 fully saturated rings. The standard InChI is InChI=1S/C28H22FN7O4S/c1-14-31-11-16(12-32-14)34-28(37)40-22-5-3-4-21(22)39-23-9-24-19(8-18(23)29)36-27(41-24)17-6-15(10-30)7-20-26(17)33-13-25(35-20)38-2/h6-9,11-13,21-22H,3-5H2,1-2H3,(H,34,37). The smallest absolute Gasteiger partial charge is 0.412 e. The number of hydrogen-bond donors (Lipinski definition) is 1. The van der Waals surface area contributed by atoms with Crippen molar-refractivity contribution in [3.8, 4) is 28.3 Å². The first kappa shape index (κ1) is 26.3. The number of amides is 1. The maximum atomic E-state index is 15.2. The fourth-order valence-corrected chi connectivity index (χ4v) is 5.63. The molecule has 1 N–H and O–H groups in total. The van der Waals surface area contributed by atoms with Gasteiger partial charge in [-0.3, -0.25) is 5.32 Å². The maximum absolute atomic E-state index is 15.2. The van der Waals surface area contributed by atoms with Crippen molar-refractivity contribution in [3.05, 3.63) is 60.1 Å². The van der Waals surface area contributed by atoms with Gasteiger partial charge in [0.05, 0.1) is 64.3 Å². The molecule has 3 heterocycles. The van der Waals surface area contributed by atoms with E-state index in [9.17, 15) is 10.1 Å². The van der Waals surface area contributed by atoms with Crippen molar-refractivity contribution in [2.75, 3.05) is 12.4 Å². The van der Waals surface area contributed by atoms with Gasteiger partial charge in [0.15, 0.2) is 11.6 Å². The third-order valence-electron chi connectivity index (χ3n) is 6.59. The van der Waals surface area contributed by atoms with Gasteiger partial charge >= 0.3 is 6.09 Å². The van der Waals surface area contributed by atoms with Crippen molar-refractivity contribution < 1.29 is 23.4 Å². The van der Waals surface area contributed by atoms with E-state index < -0.39 is 24.1 Å². The summed E-state index contributed by atoms with van der Waals surface area (Å²) >= 11 is 1.32. The number of methoxy groups -OCH3 is 1. The van der Waals surface area contributed by atoms with E-state index in [-0.39, 0.29) is 5.75 Å². The molecule has 3 aromatic heterocycles. The van der Waals surface area contributed by atoms with Crippen LogP contribution in [0.3, 0.4) is 0 Å². The molecule has 11 nitrogen and oxygen atoms in total. The van der Waals surface area contributed by atoms with Crippen LogP contribution < -0.4 is 14.8 Å². The Kier molecular flexibility index (Phi) is 6.98. The molecule has 1 aliphatic carbocycles. The Bertz CT molecular complexity index is 1820. The molecule has 1 aliphatic rings. The van der Waals surface area contributed by atoms with E-state index in [1.54, 1.807) is 25.1 Å². The minimum Gasteiger partial charge on any atom is -0.483 e. The minimum atomic E-state index is -0.659. The molecule has 2 unspecified atom stereocenters. The van der Waals surface area contributed by atoms with Gasteiger partial charge in [-0.25, -0.2) is 34.1 Å². The summed E-state index contributed by atoms with van der Waals surface area (Å²) in [6, 6.07) is 8.35. The van der Waals surface area contributed by atoms with E-state index >= 15 is 4.39 Å². The van der Waals surface area contributed by atoms with E-state index in [0.717, 1.165) is 6.42 Å². The number of carbonyl (C=O) groups excluding carboxylic acids is 1. The van der Waals surface area contributed by atoms with Crippen molar-refractivity contribution in [2.24, 2.45) is 0 Å². The number of nitriles is 1. The maximum Gasteiger partial charge on any atom is 0.412 e. The van der Waals surface area contributed by atoms with Crippen LogP contribution in [-0.4, -0.2) is 50.3 Å². The quantitative estimate of drug-likeness (QED) is 0.274. The van der Waals surface area contributed by atoms with E-state index in [0.29, 0.717) is 67.6 Å². The zero-order chi connectivity index (χ0) is 28.5. The van der Waals surface area contributed by atoms with Crippen LogP contribution in [0.2, 0.25) is 0 Å². The van der Waals surface area contributed by atoms with Crippen molar-refractivity contribution >= 4 is 44.4 Å². The third-order valence-corrected chi connectivity index (χ3v) is 7.64. The van der Waals surface area contributed by atoms with Crippen molar-refractivity contribution in [2.45, 2.75) is 38.4 Å². The molecule has 0 bridgehead atoms. The van der Waals surface area contributed by atoms with Gasteiger partial charge in [-0.05, 0) is 38.3 Å². The van der Waals surface area contributed by atoms with Crippen LogP contribution in [0.25, 0.3) is 31.8 Å². The lowest BCUT2D eigenvalue weighted by molar-refractivity contribution is 0.0400. The van der Waals surface area contributed by atoms with Crippen LogP contribution >= 0.6 is 11.3 Å². The van der Waals surface area contributed by atoms with E-state index in [1.807, 2.05) is 0 Å². The highest BCUT2D eigenvalue weighted by Crippen LogP contribution is 2.38. The van der Waals surface area contributed by atoms with Crippen LogP contribution in [0.15, 0.2) is 42.9 Å². The number of nitrogens with one attached hydrogen (secondary N) is 1. The van der Waals surface area contributed by atoms with Crippen LogP contribution in [0.5, 0.6) is 11.6 Å². The molecule has 0 spiro atoms. The Morgan fingerprint density at radius 1 is 1.07 bits per heavy atom. The van der Waals surface area contributed by atoms with Crippen molar-refractivity contribution in [3.63, 3.8) is 0 Å². The zero-order valence-corrected chi connectivity index (χ0v) is 22.7. The van der Waals surface area contributed by atoms with Gasteiger partial charge in [-0.15, -0.1) is 11.3 Å². The summed E-state index contributed by atoms with van der Waals surface area (Å²) in [5.74, 6) is 0.364. The summed E-state index contributed by atoms with van der Waals surface area (Å²) in [7, 11) is 1.49. The number of carbonyl (C=O) groups is 1. The normalized spacial score (nSPS) is 16.4. The van der Waals surface area contributed by atoms with Crippen LogP contribution in [0, 0.1) is 24.1 Å². The molecule has 6 rings (SSSR count). The van der Waals surface area contributed by atoms with Gasteiger partial charge in [0.25, 0.3) is 0 Å². The molecule has 2 aromatic carbocycles. The molecule has 0 aliphatic heterocycles. The first-order valence-corrected chi connectivity index (χ1v) is 13.5. The van der Waals surface area contributed by atoms with Crippen LogP contribution in [0.4, 0.5) is 14.9 Å². The summed E-state index contributed by atoms with van der Waals surface area (Å²) < 4.78 is 32.6. The first-order chi connectivity index (χ1) is 19.9. The topological polar surface area (TPSA) is 145 Å². The number of ether oxygens (including phenoxy) is 3. The molecule has 1 saturated carbocycles. The number of thiazole rings is 1. The molecule has 41 heavy (non-hydrogen) atoms. The zero-order valence-electron chi connectivity index (χ0n) is 21.9. The summed E-state index contributed by atoms with van der Waals surface area (Å²) in [6.07, 6.45) is 4.70. The summed E-state index contributed by atoms with van der Waals surface area (Å²) in [5, 5.41) is 12.7. The first-order valence-electron chi connectivity index (χ1n) is 12.7. The van der Waals surface area contributed by atoms with Gasteiger partial charge in [0.2, 0.25) is 5.88 Å². The number of aromatic nitrogens is 5. The third kappa shape index (κ3) is 5.42. The molecule has 5 aromatic rings. The van der Waals surface area contributed by atoms with Crippen molar-refractivity contribution in [1.29, 1.82) is 5.26 Å². The molecule has 13 heteroatoms. The largest absolute Gasteiger partial charge is 0.483 e. The Morgan fingerprint density at radius 3 is 2.66 bits per heavy atom. The van der Waals surface area contributed by atoms with Gasteiger partial charge in [0, 0.05) is 17.7 Å². The lowest BCUT2D eigenvalue weighted by Crippen LogP contribution is -2.32. The summed E-state index contributed by atoms with van der Waals surface area (Å²) in [6.45, 7) is 1.74. The molecule has 2 atom stereocenters. The van der Waals surface area contributed by atoms with Crippen molar-refractivity contribution in [1.82, 2.24) is 24.9 Å². The number of nitrogens with zero attached hydrogens (tertiary/aromatic N) is 6. The summed E-state index contributed by atoms with van der Waals surface area (Å²) in [5.41, 5.74) is 2.86.